The summed E-state index contributed by atoms with van der Waals surface area (Å²) < 4.78 is 1.86. The summed E-state index contributed by atoms with van der Waals surface area (Å²) in [6.45, 7) is 6.01. The van der Waals surface area contributed by atoms with Crippen molar-refractivity contribution in [3.63, 3.8) is 0 Å². The summed E-state index contributed by atoms with van der Waals surface area (Å²) in [5.74, 6) is 0. The molecule has 1 aromatic heterocycles. The molecule has 1 aromatic carbocycles. The minimum Gasteiger partial charge on any atom is -0.296 e. The molecule has 86 valence electrons. The fourth-order valence-corrected chi connectivity index (χ4v) is 2.94. The smallest absolute Gasteiger partial charge is 0.170 e. The highest BCUT2D eigenvalue weighted by Gasteiger charge is 2.08. The number of aryl methyl sites for hydroxylation is 1. The Balaban J connectivity index is 0.000000606. The first-order chi connectivity index (χ1) is 7.76. The number of rotatable bonds is 2. The molecule has 2 rings (SSSR count). The quantitative estimate of drug-likeness (QED) is 0.468. The lowest BCUT2D eigenvalue weighted by molar-refractivity contribution is 0.112. The fraction of sp³-hybridized carbons (Fsp3) is 0.273. The van der Waals surface area contributed by atoms with Crippen LogP contribution in [0.4, 0.5) is 0 Å². The second kappa shape index (κ2) is 6.30. The molecule has 1 unspecified atom stereocenters. The standard InChI is InChI=1S/C9H8IN2OP.C2H6/c1-6-2-3-9-7(4-6)8(5-13)11-12(9)14-10;1-2/h2-5,14H,1H3;1-2H3. The van der Waals surface area contributed by atoms with Crippen molar-refractivity contribution in [2.75, 3.05) is 0 Å². The predicted octanol–water partition coefficient (Wildman–Crippen LogP) is 3.98. The number of carbonyl (C=O) groups excluding carboxylic acids is 1. The molecule has 1 atom stereocenters. The maximum absolute atomic E-state index is 10.8. The lowest BCUT2D eigenvalue weighted by atomic mass is 10.1. The van der Waals surface area contributed by atoms with Gasteiger partial charge in [-0.05, 0) is 41.1 Å². The van der Waals surface area contributed by atoms with Crippen LogP contribution in [0, 0.1) is 6.92 Å². The lowest BCUT2D eigenvalue weighted by Gasteiger charge is -1.96. The van der Waals surface area contributed by atoms with Crippen LogP contribution in [-0.4, -0.2) is 15.8 Å². The number of hydrogen-bond acceptors (Lipinski definition) is 2. The zero-order valence-electron chi connectivity index (χ0n) is 9.49. The van der Waals surface area contributed by atoms with E-state index in [2.05, 4.69) is 27.1 Å². The number of hydrogen-bond donors (Lipinski definition) is 0. The topological polar surface area (TPSA) is 34.9 Å². The number of benzene rings is 1. The van der Waals surface area contributed by atoms with Crippen molar-refractivity contribution in [2.45, 2.75) is 20.8 Å². The summed E-state index contributed by atoms with van der Waals surface area (Å²) in [4.78, 5) is 10.8. The first-order valence-electron chi connectivity index (χ1n) is 5.07. The second-order valence-corrected chi connectivity index (χ2v) is 5.06. The summed E-state index contributed by atoms with van der Waals surface area (Å²) in [5, 5.41) is 5.17. The van der Waals surface area contributed by atoms with Crippen molar-refractivity contribution in [2.24, 2.45) is 0 Å². The van der Waals surface area contributed by atoms with Crippen LogP contribution in [0.5, 0.6) is 0 Å². The van der Waals surface area contributed by atoms with Crippen molar-refractivity contribution in [3.05, 3.63) is 29.5 Å². The van der Waals surface area contributed by atoms with E-state index in [1.807, 2.05) is 43.4 Å². The van der Waals surface area contributed by atoms with Gasteiger partial charge in [0.05, 0.1) is 11.9 Å². The van der Waals surface area contributed by atoms with Gasteiger partial charge in [0.1, 0.15) is 5.69 Å². The van der Waals surface area contributed by atoms with Crippen LogP contribution >= 0.6 is 28.4 Å². The average molecular weight is 348 g/mol. The molecule has 0 saturated heterocycles. The molecule has 0 fully saturated rings. The van der Waals surface area contributed by atoms with Crippen LogP contribution < -0.4 is 0 Å². The van der Waals surface area contributed by atoms with E-state index in [9.17, 15) is 4.79 Å². The van der Waals surface area contributed by atoms with Crippen molar-refractivity contribution < 1.29 is 4.79 Å². The molecule has 0 aliphatic heterocycles. The molecule has 0 amide bonds. The largest absolute Gasteiger partial charge is 0.296 e. The van der Waals surface area contributed by atoms with E-state index in [4.69, 9.17) is 0 Å². The van der Waals surface area contributed by atoms with E-state index < -0.39 is 0 Å². The maximum atomic E-state index is 10.8. The van der Waals surface area contributed by atoms with Gasteiger partial charge in [0, 0.05) is 5.39 Å². The Kier molecular flexibility index (Phi) is 5.35. The van der Waals surface area contributed by atoms with Gasteiger partial charge < -0.3 is 0 Å². The van der Waals surface area contributed by atoms with Gasteiger partial charge in [-0.1, -0.05) is 25.5 Å². The SMILES string of the molecule is CC.Cc1ccc2c(c1)c(C=O)nn2PI. The van der Waals surface area contributed by atoms with Gasteiger partial charge in [0.15, 0.2) is 6.29 Å². The van der Waals surface area contributed by atoms with Crippen LogP contribution in [0.1, 0.15) is 29.9 Å². The predicted molar refractivity (Wildman–Crippen MR) is 78.9 cm³/mol. The normalized spacial score (nSPS) is 10.5. The molecule has 0 aliphatic rings. The Hall–Kier alpha value is -0.480. The van der Waals surface area contributed by atoms with Crippen molar-refractivity contribution >= 4 is 45.6 Å². The van der Waals surface area contributed by atoms with E-state index in [0.717, 1.165) is 22.8 Å². The second-order valence-electron chi connectivity index (χ2n) is 3.02. The van der Waals surface area contributed by atoms with E-state index in [0.29, 0.717) is 12.1 Å². The molecular formula is C11H14IN2OP. The van der Waals surface area contributed by atoms with Gasteiger partial charge in [0.25, 0.3) is 0 Å². The highest BCUT2D eigenvalue weighted by Crippen LogP contribution is 2.30. The van der Waals surface area contributed by atoms with Gasteiger partial charge in [0.2, 0.25) is 0 Å². The minimum absolute atomic E-state index is 0.521. The van der Waals surface area contributed by atoms with Gasteiger partial charge in [-0.2, -0.15) is 5.10 Å². The minimum atomic E-state index is 0.521. The third-order valence-electron chi connectivity index (χ3n) is 2.06. The number of aromatic nitrogens is 2. The maximum Gasteiger partial charge on any atom is 0.170 e. The van der Waals surface area contributed by atoms with Crippen LogP contribution in [-0.2, 0) is 0 Å². The summed E-state index contributed by atoms with van der Waals surface area (Å²) in [5.41, 5.74) is 2.72. The summed E-state index contributed by atoms with van der Waals surface area (Å²) in [6, 6.07) is 6.04. The van der Waals surface area contributed by atoms with E-state index in [1.165, 1.54) is 0 Å². The molecule has 0 N–H and O–H groups in total. The van der Waals surface area contributed by atoms with Crippen molar-refractivity contribution in [1.29, 1.82) is 0 Å². The molecule has 0 aliphatic carbocycles. The Labute approximate surface area is 110 Å². The average Bonchev–Trinajstić information content (AvgIpc) is 2.68. The van der Waals surface area contributed by atoms with Crippen molar-refractivity contribution in [3.8, 4) is 0 Å². The molecule has 0 bridgehead atoms. The molecule has 0 spiro atoms. The highest BCUT2D eigenvalue weighted by molar-refractivity contribution is 14.2. The van der Waals surface area contributed by atoms with Crippen LogP contribution in [0.2, 0.25) is 0 Å². The van der Waals surface area contributed by atoms with Gasteiger partial charge in [-0.3, -0.25) is 4.79 Å². The first-order valence-corrected chi connectivity index (χ1v) is 9.13. The summed E-state index contributed by atoms with van der Waals surface area (Å²) in [6.07, 6.45) is 1.34. The van der Waals surface area contributed by atoms with Crippen LogP contribution in [0.25, 0.3) is 10.9 Å². The summed E-state index contributed by atoms with van der Waals surface area (Å²) in [7, 11) is 0. The Morgan fingerprint density at radius 3 is 2.69 bits per heavy atom. The molecule has 1 heterocycles. The fourth-order valence-electron chi connectivity index (χ4n) is 1.41. The summed E-state index contributed by atoms with van der Waals surface area (Å²) >= 11 is 2.25. The van der Waals surface area contributed by atoms with Gasteiger partial charge >= 0.3 is 0 Å². The molecule has 0 saturated carbocycles. The molecule has 3 nitrogen and oxygen atoms in total. The number of fused-ring (bicyclic) bond motifs is 1. The van der Waals surface area contributed by atoms with Gasteiger partial charge in [-0.15, -0.1) is 0 Å². The molecule has 0 radical (unpaired) electrons. The molecular weight excluding hydrogens is 334 g/mol. The zero-order valence-corrected chi connectivity index (χ0v) is 12.6. The zero-order chi connectivity index (χ0) is 12.1. The number of aldehydes is 1. The van der Waals surface area contributed by atoms with E-state index >= 15 is 0 Å². The highest BCUT2D eigenvalue weighted by atomic mass is 127. The monoisotopic (exact) mass is 348 g/mol. The third-order valence-corrected chi connectivity index (χ3v) is 3.93. The first kappa shape index (κ1) is 13.6. The van der Waals surface area contributed by atoms with E-state index in [1.54, 1.807) is 0 Å². The lowest BCUT2D eigenvalue weighted by Crippen LogP contribution is -1.84. The van der Waals surface area contributed by atoms with Crippen molar-refractivity contribution in [1.82, 2.24) is 9.55 Å². The number of halogens is 1. The molecule has 2 aromatic rings. The number of nitrogens with zero attached hydrogens (tertiary/aromatic N) is 2. The van der Waals surface area contributed by atoms with E-state index in [-0.39, 0.29) is 0 Å². The van der Waals surface area contributed by atoms with Gasteiger partial charge in [-0.25, -0.2) is 4.45 Å². The van der Waals surface area contributed by atoms with Crippen LogP contribution in [0.3, 0.4) is 0 Å². The molecule has 16 heavy (non-hydrogen) atoms. The van der Waals surface area contributed by atoms with Crippen LogP contribution in [0.15, 0.2) is 18.2 Å². The Morgan fingerprint density at radius 2 is 2.12 bits per heavy atom. The number of carbonyl (C=O) groups is 1. The molecule has 5 heteroatoms. The third kappa shape index (κ3) is 2.61. The Bertz CT molecular complexity index is 496. The Morgan fingerprint density at radius 1 is 1.44 bits per heavy atom.